The van der Waals surface area contributed by atoms with E-state index in [0.29, 0.717) is 0 Å². The van der Waals surface area contributed by atoms with Crippen LogP contribution in [0.25, 0.3) is 5.57 Å². The van der Waals surface area contributed by atoms with Crippen molar-refractivity contribution in [3.63, 3.8) is 0 Å². The van der Waals surface area contributed by atoms with Gasteiger partial charge in [-0.1, -0.05) is 37.6 Å². The minimum absolute atomic E-state index is 0.155. The third-order valence-corrected chi connectivity index (χ3v) is 4.44. The van der Waals surface area contributed by atoms with Crippen molar-refractivity contribution in [1.29, 1.82) is 0 Å². The van der Waals surface area contributed by atoms with Crippen molar-refractivity contribution in [2.75, 3.05) is 12.0 Å². The topological polar surface area (TPSA) is 29.5 Å². The first-order chi connectivity index (χ1) is 10.3. The number of methoxy groups -OCH3 is 1. The van der Waals surface area contributed by atoms with Crippen LogP contribution in [-0.2, 0) is 9.53 Å². The Labute approximate surface area is 134 Å². The molecule has 1 aliphatic rings. The van der Waals surface area contributed by atoms with Gasteiger partial charge in [-0.25, -0.2) is 4.79 Å². The molecule has 0 unspecified atom stereocenters. The quantitative estimate of drug-likeness (QED) is 0.775. The second-order valence-corrected chi connectivity index (χ2v) is 6.65. The number of hydrogen-bond donors (Lipinski definition) is 0. The lowest BCUT2D eigenvalue weighted by atomic mass is 9.85. The molecule has 1 aromatic rings. The lowest BCUT2D eigenvalue weighted by molar-refractivity contribution is -0.142. The first-order valence-corrected chi connectivity index (χ1v) is 8.00. The Kier molecular flexibility index (Phi) is 4.64. The molecule has 0 saturated carbocycles. The van der Waals surface area contributed by atoms with Gasteiger partial charge in [-0.15, -0.1) is 0 Å². The average Bonchev–Trinajstić information content (AvgIpc) is 2.45. The molecule has 0 fully saturated rings. The van der Waals surface area contributed by atoms with Crippen LogP contribution in [0, 0.1) is 6.92 Å². The lowest BCUT2D eigenvalue weighted by Crippen LogP contribution is -2.54. The monoisotopic (exact) mass is 301 g/mol. The second-order valence-electron chi connectivity index (χ2n) is 6.65. The molecule has 0 radical (unpaired) electrons. The van der Waals surface area contributed by atoms with Gasteiger partial charge in [0.05, 0.1) is 12.6 Å². The number of para-hydroxylation sites is 1. The molecular formula is C19H27NO2. The summed E-state index contributed by atoms with van der Waals surface area (Å²) < 4.78 is 5.09. The molecule has 0 bridgehead atoms. The maximum absolute atomic E-state index is 12.4. The summed E-state index contributed by atoms with van der Waals surface area (Å²) in [4.78, 5) is 14.7. The minimum Gasteiger partial charge on any atom is -0.467 e. The summed E-state index contributed by atoms with van der Waals surface area (Å²) in [6.45, 7) is 10.7. The number of anilines is 1. The Morgan fingerprint density at radius 2 is 2.00 bits per heavy atom. The van der Waals surface area contributed by atoms with Gasteiger partial charge in [0.25, 0.3) is 0 Å². The Balaban J connectivity index is 2.65. The summed E-state index contributed by atoms with van der Waals surface area (Å²) in [6, 6.07) is 6.07. The first kappa shape index (κ1) is 16.6. The van der Waals surface area contributed by atoms with E-state index in [2.05, 4.69) is 63.8 Å². The number of nitrogens with zero attached hydrogens (tertiary/aromatic N) is 1. The van der Waals surface area contributed by atoms with Gasteiger partial charge in [0.1, 0.15) is 6.04 Å². The highest BCUT2D eigenvalue weighted by molar-refractivity contribution is 5.88. The van der Waals surface area contributed by atoms with Crippen LogP contribution in [0.2, 0.25) is 0 Å². The zero-order valence-corrected chi connectivity index (χ0v) is 14.6. The largest absolute Gasteiger partial charge is 0.467 e. The highest BCUT2D eigenvalue weighted by Gasteiger charge is 2.39. The number of allylic oxidation sites excluding steroid dienone is 1. The van der Waals surface area contributed by atoms with Crippen LogP contribution in [-0.4, -0.2) is 24.7 Å². The van der Waals surface area contributed by atoms with E-state index < -0.39 is 0 Å². The van der Waals surface area contributed by atoms with E-state index in [0.717, 1.165) is 18.5 Å². The number of aryl methyl sites for hydroxylation is 1. The van der Waals surface area contributed by atoms with E-state index >= 15 is 0 Å². The number of rotatable bonds is 4. The first-order valence-electron chi connectivity index (χ1n) is 8.00. The molecule has 3 nitrogen and oxygen atoms in total. The van der Waals surface area contributed by atoms with Gasteiger partial charge in [0, 0.05) is 11.3 Å². The SMILES string of the molecule is CCC[C@@H](C(=O)OC)N1c2c(C)cccc2C(C)=CC1(C)C. The van der Waals surface area contributed by atoms with Crippen molar-refractivity contribution in [3.05, 3.63) is 35.4 Å². The smallest absolute Gasteiger partial charge is 0.328 e. The highest BCUT2D eigenvalue weighted by atomic mass is 16.5. The fraction of sp³-hybridized carbons (Fsp3) is 0.526. The molecule has 1 aromatic carbocycles. The molecule has 120 valence electrons. The molecule has 2 rings (SSSR count). The number of esters is 1. The third kappa shape index (κ3) is 2.77. The van der Waals surface area contributed by atoms with Gasteiger partial charge in [-0.2, -0.15) is 0 Å². The second kappa shape index (κ2) is 6.15. The van der Waals surface area contributed by atoms with Crippen LogP contribution in [0.1, 0.15) is 51.7 Å². The van der Waals surface area contributed by atoms with Crippen molar-refractivity contribution >= 4 is 17.2 Å². The normalized spacial score (nSPS) is 17.5. The fourth-order valence-corrected chi connectivity index (χ4v) is 3.58. The van der Waals surface area contributed by atoms with Gasteiger partial charge in [-0.05, 0) is 45.3 Å². The third-order valence-electron chi connectivity index (χ3n) is 4.44. The highest BCUT2D eigenvalue weighted by Crippen LogP contribution is 2.42. The molecule has 0 aliphatic carbocycles. The van der Waals surface area contributed by atoms with E-state index in [1.807, 2.05) is 0 Å². The van der Waals surface area contributed by atoms with E-state index in [9.17, 15) is 4.79 Å². The summed E-state index contributed by atoms with van der Waals surface area (Å²) in [5.74, 6) is -0.155. The molecular weight excluding hydrogens is 274 g/mol. The number of hydrogen-bond acceptors (Lipinski definition) is 3. The lowest BCUT2D eigenvalue weighted by Gasteiger charge is -2.47. The Morgan fingerprint density at radius 1 is 1.32 bits per heavy atom. The van der Waals surface area contributed by atoms with Crippen LogP contribution < -0.4 is 4.90 Å². The maximum atomic E-state index is 12.4. The van der Waals surface area contributed by atoms with Gasteiger partial charge in [0.2, 0.25) is 0 Å². The molecule has 1 heterocycles. The summed E-state index contributed by atoms with van der Waals surface area (Å²) in [7, 11) is 1.47. The molecule has 3 heteroatoms. The zero-order valence-electron chi connectivity index (χ0n) is 14.6. The van der Waals surface area contributed by atoms with Crippen LogP contribution in [0.15, 0.2) is 24.3 Å². The van der Waals surface area contributed by atoms with Crippen LogP contribution in [0.3, 0.4) is 0 Å². The summed E-state index contributed by atoms with van der Waals surface area (Å²) >= 11 is 0. The van der Waals surface area contributed by atoms with Gasteiger partial charge >= 0.3 is 5.97 Å². The van der Waals surface area contributed by atoms with E-state index in [1.54, 1.807) is 0 Å². The molecule has 0 spiro atoms. The number of ether oxygens (including phenoxy) is 1. The van der Waals surface area contributed by atoms with Crippen LogP contribution in [0.4, 0.5) is 5.69 Å². The van der Waals surface area contributed by atoms with Gasteiger partial charge in [-0.3, -0.25) is 0 Å². The molecule has 0 amide bonds. The minimum atomic E-state index is -0.255. The maximum Gasteiger partial charge on any atom is 0.328 e. The van der Waals surface area contributed by atoms with Gasteiger partial charge in [0.15, 0.2) is 0 Å². The van der Waals surface area contributed by atoms with Crippen molar-refractivity contribution in [2.24, 2.45) is 0 Å². The Bertz CT molecular complexity index is 601. The van der Waals surface area contributed by atoms with E-state index in [1.165, 1.54) is 23.8 Å². The van der Waals surface area contributed by atoms with Crippen molar-refractivity contribution in [3.8, 4) is 0 Å². The molecule has 0 N–H and O–H groups in total. The van der Waals surface area contributed by atoms with Crippen LogP contribution >= 0.6 is 0 Å². The molecule has 0 aromatic heterocycles. The van der Waals surface area contributed by atoms with Crippen molar-refractivity contribution in [2.45, 2.75) is 59.0 Å². The molecule has 1 atom stereocenters. The van der Waals surface area contributed by atoms with E-state index in [4.69, 9.17) is 4.74 Å². The predicted octanol–water partition coefficient (Wildman–Crippen LogP) is 4.34. The van der Waals surface area contributed by atoms with Gasteiger partial charge < -0.3 is 9.64 Å². The Morgan fingerprint density at radius 3 is 2.59 bits per heavy atom. The number of benzene rings is 1. The standard InChI is InChI=1S/C19H27NO2/c1-7-9-16(18(21)22-6)20-17-13(2)10-8-11-15(17)14(3)12-19(20,4)5/h8,10-12,16H,7,9H2,1-6H3/t16-/m0/s1. The average molecular weight is 301 g/mol. The van der Waals surface area contributed by atoms with Crippen molar-refractivity contribution < 1.29 is 9.53 Å². The summed E-state index contributed by atoms with van der Waals surface area (Å²) in [5, 5.41) is 0. The summed E-state index contributed by atoms with van der Waals surface area (Å²) in [5.41, 5.74) is 4.61. The zero-order chi connectivity index (χ0) is 16.5. The number of fused-ring (bicyclic) bond motifs is 1. The molecule has 1 aliphatic heterocycles. The predicted molar refractivity (Wildman–Crippen MR) is 92.1 cm³/mol. The number of carbonyl (C=O) groups excluding carboxylic acids is 1. The van der Waals surface area contributed by atoms with E-state index in [-0.39, 0.29) is 17.6 Å². The van der Waals surface area contributed by atoms with Crippen LogP contribution in [0.5, 0.6) is 0 Å². The number of carbonyl (C=O) groups is 1. The fourth-order valence-electron chi connectivity index (χ4n) is 3.58. The van der Waals surface area contributed by atoms with Crippen molar-refractivity contribution in [1.82, 2.24) is 0 Å². The molecule has 0 saturated heterocycles. The Hall–Kier alpha value is -1.77. The summed E-state index contributed by atoms with van der Waals surface area (Å²) in [6.07, 6.45) is 3.98. The molecule has 22 heavy (non-hydrogen) atoms.